The highest BCUT2D eigenvalue weighted by atomic mass is 35.5. The first kappa shape index (κ1) is 66.2. The molecular formula is C46H73ClO28. The largest absolute Gasteiger partial charge is 0.509 e. The van der Waals surface area contributed by atoms with Gasteiger partial charge >= 0.3 is 42.5 Å². The van der Waals surface area contributed by atoms with Crippen LogP contribution in [0.3, 0.4) is 0 Å². The maximum Gasteiger partial charge on any atom is 0.509 e. The molecule has 3 N–H and O–H groups in total. The lowest BCUT2D eigenvalue weighted by atomic mass is 9.88. The van der Waals surface area contributed by atoms with Gasteiger partial charge in [0.1, 0.15) is 44.7 Å². The lowest BCUT2D eigenvalue weighted by Gasteiger charge is -2.33. The van der Waals surface area contributed by atoms with Crippen molar-refractivity contribution in [3.63, 3.8) is 0 Å². The quantitative estimate of drug-likeness (QED) is 0.0478. The SMILES string of the molecule is CCC(COCC(C)O)(COCC(C)O)COCC(C)O.CCC(COCC(C)OC(=O)C1COC(=O)O1)(COCC(C)OC(=O)C1COC(=O)O1)COCC(C)OC(=O)C1COC(=O)O1.O=C1OCC(C(=O)Cl)O1. The fourth-order valence-electron chi connectivity index (χ4n) is 6.22. The Morgan fingerprint density at radius 2 is 0.680 bits per heavy atom. The van der Waals surface area contributed by atoms with Crippen LogP contribution < -0.4 is 0 Å². The number of hydrogen-bond acceptors (Lipinski definition) is 28. The molecule has 0 spiro atoms. The molecule has 10 atom stereocenters. The summed E-state index contributed by atoms with van der Waals surface area (Å²) in [5, 5.41) is 27.1. The minimum atomic E-state index is -1.15. The van der Waals surface area contributed by atoms with Gasteiger partial charge in [-0.1, -0.05) is 13.8 Å². The summed E-state index contributed by atoms with van der Waals surface area (Å²) in [7, 11) is 0. The number of ether oxygens (including phenoxy) is 17. The fourth-order valence-corrected chi connectivity index (χ4v) is 6.33. The molecule has 4 rings (SSSR count). The smallest absolute Gasteiger partial charge is 0.457 e. The van der Waals surface area contributed by atoms with Crippen molar-refractivity contribution in [1.82, 2.24) is 0 Å². The van der Waals surface area contributed by atoms with Gasteiger partial charge in [-0.05, 0) is 66.0 Å². The lowest BCUT2D eigenvalue weighted by Crippen LogP contribution is -2.40. The average Bonchev–Trinajstić information content (AvgIpc) is 4.18. The van der Waals surface area contributed by atoms with E-state index in [0.717, 1.165) is 6.42 Å². The fraction of sp³-hybridized carbons (Fsp3) is 0.826. The number of carbonyl (C=O) groups excluding carboxylic acids is 8. The summed E-state index contributed by atoms with van der Waals surface area (Å²) in [6.07, 6.45) is -10.4. The van der Waals surface area contributed by atoms with Gasteiger partial charge in [0.2, 0.25) is 24.4 Å². The second kappa shape index (κ2) is 34.7. The summed E-state index contributed by atoms with van der Waals surface area (Å²) in [6.45, 7) is 15.1. The molecule has 75 heavy (non-hydrogen) atoms. The van der Waals surface area contributed by atoms with Crippen LogP contribution in [0.15, 0.2) is 0 Å². The van der Waals surface area contributed by atoms with Gasteiger partial charge in [-0.15, -0.1) is 0 Å². The van der Waals surface area contributed by atoms with Crippen molar-refractivity contribution in [3.8, 4) is 0 Å². The predicted molar refractivity (Wildman–Crippen MR) is 248 cm³/mol. The average molecular weight is 1110 g/mol. The molecule has 0 aromatic rings. The molecule has 4 saturated heterocycles. The molecule has 0 saturated carbocycles. The van der Waals surface area contributed by atoms with Gasteiger partial charge in [-0.2, -0.15) is 0 Å². The van der Waals surface area contributed by atoms with Gasteiger partial charge in [0.05, 0.1) is 97.6 Å². The van der Waals surface area contributed by atoms with Crippen molar-refractivity contribution in [1.29, 1.82) is 0 Å². The number of esters is 3. The van der Waals surface area contributed by atoms with E-state index in [1.165, 1.54) is 0 Å². The summed E-state index contributed by atoms with van der Waals surface area (Å²) in [5.74, 6) is -2.30. The molecule has 432 valence electrons. The van der Waals surface area contributed by atoms with Crippen molar-refractivity contribution in [2.45, 2.75) is 129 Å². The van der Waals surface area contributed by atoms with Crippen LogP contribution in [0.25, 0.3) is 0 Å². The van der Waals surface area contributed by atoms with Crippen LogP contribution in [0.1, 0.15) is 68.2 Å². The van der Waals surface area contributed by atoms with E-state index in [4.69, 9.17) is 68.4 Å². The van der Waals surface area contributed by atoms with Gasteiger partial charge in [0.25, 0.3) is 5.24 Å². The highest BCUT2D eigenvalue weighted by Gasteiger charge is 2.38. The van der Waals surface area contributed by atoms with Gasteiger partial charge in [0.15, 0.2) is 0 Å². The number of hydrogen-bond donors (Lipinski definition) is 3. The molecule has 4 aliphatic rings. The van der Waals surface area contributed by atoms with Crippen LogP contribution in [0.2, 0.25) is 0 Å². The summed E-state index contributed by atoms with van der Waals surface area (Å²) >= 11 is 4.95. The molecule has 0 amide bonds. The third-order valence-electron chi connectivity index (χ3n) is 10.4. The third-order valence-corrected chi connectivity index (χ3v) is 10.7. The molecule has 4 aliphatic heterocycles. The van der Waals surface area contributed by atoms with E-state index in [2.05, 4.69) is 23.7 Å². The van der Waals surface area contributed by atoms with E-state index in [1.807, 2.05) is 13.8 Å². The highest BCUT2D eigenvalue weighted by Crippen LogP contribution is 2.26. The van der Waals surface area contributed by atoms with Crippen LogP contribution >= 0.6 is 11.6 Å². The molecule has 0 bridgehead atoms. The maximum absolute atomic E-state index is 12.2. The topological polar surface area (TPSA) is 354 Å². The van der Waals surface area contributed by atoms with Crippen molar-refractivity contribution in [2.75, 3.05) is 106 Å². The summed E-state index contributed by atoms with van der Waals surface area (Å²) < 4.78 is 86.4. The highest BCUT2D eigenvalue weighted by molar-refractivity contribution is 6.64. The van der Waals surface area contributed by atoms with Crippen LogP contribution in [0, 0.1) is 10.8 Å². The van der Waals surface area contributed by atoms with E-state index in [9.17, 15) is 53.7 Å². The first-order valence-electron chi connectivity index (χ1n) is 24.1. The standard InChI is InChI=1S/C27H38O18.C15H32O6.C4H3ClO4/c1-5-27(12-34-6-15(2)40-21(28)18-9-37-24(31)43-18,13-35-7-16(3)41-22(29)19-10-38-25(32)44-19)14-36-8-17(4)42-23(30)20-11-39-26(33)45-20;1-5-15(9-19-6-12(2)16,10-20-7-13(3)17)11-21-8-14(4)18;5-3(6)2-1-8-4(7)9-2/h15-20H,5-14H2,1-4H3;12-14,16-18H,5-11H2,1-4H3;2H,1H2. The van der Waals surface area contributed by atoms with Gasteiger partial charge in [-0.25, -0.2) is 33.6 Å². The molecule has 0 radical (unpaired) electrons. The normalized spacial score (nSPS) is 22.7. The Morgan fingerprint density at radius 1 is 0.453 bits per heavy atom. The van der Waals surface area contributed by atoms with Gasteiger partial charge < -0.3 is 95.8 Å². The first-order chi connectivity index (χ1) is 35.4. The lowest BCUT2D eigenvalue weighted by molar-refractivity contribution is -0.163. The molecule has 4 fully saturated rings. The molecule has 29 heteroatoms. The Balaban J connectivity index is 0.000000525. The molecule has 0 aromatic heterocycles. The molecule has 0 aliphatic carbocycles. The minimum absolute atomic E-state index is 0.0125. The van der Waals surface area contributed by atoms with Crippen LogP contribution in [-0.4, -0.2) is 230 Å². The second-order valence-corrected chi connectivity index (χ2v) is 18.4. The zero-order valence-corrected chi connectivity index (χ0v) is 44.2. The van der Waals surface area contributed by atoms with Crippen LogP contribution in [0.4, 0.5) is 19.2 Å². The molecule has 4 heterocycles. The molecular weight excluding hydrogens is 1040 g/mol. The maximum atomic E-state index is 12.2. The van der Waals surface area contributed by atoms with Gasteiger partial charge in [-0.3, -0.25) is 4.79 Å². The Hall–Kier alpha value is -4.91. The van der Waals surface area contributed by atoms with Crippen molar-refractivity contribution < 1.29 is 134 Å². The monoisotopic (exact) mass is 1110 g/mol. The number of aliphatic hydroxyl groups excluding tert-OH is 3. The van der Waals surface area contributed by atoms with E-state index in [1.54, 1.807) is 41.5 Å². The number of carbonyl (C=O) groups is 8. The Labute approximate surface area is 438 Å². The summed E-state index contributed by atoms with van der Waals surface area (Å²) in [6, 6.07) is 0. The molecule has 28 nitrogen and oxygen atoms in total. The Bertz CT molecular complexity index is 1620. The molecule has 0 aromatic carbocycles. The number of rotatable bonds is 33. The number of cyclic esters (lactones) is 8. The minimum Gasteiger partial charge on any atom is -0.457 e. The first-order valence-corrected chi connectivity index (χ1v) is 24.4. The van der Waals surface area contributed by atoms with E-state index < -0.39 is 114 Å². The number of halogens is 1. The zero-order chi connectivity index (χ0) is 56.1. The van der Waals surface area contributed by atoms with Crippen LogP contribution in [0.5, 0.6) is 0 Å². The molecule has 10 unspecified atom stereocenters. The van der Waals surface area contributed by atoms with Crippen molar-refractivity contribution in [2.24, 2.45) is 10.8 Å². The number of aliphatic hydroxyl groups is 3. The van der Waals surface area contributed by atoms with E-state index >= 15 is 0 Å². The third kappa shape index (κ3) is 27.1. The summed E-state index contributed by atoms with van der Waals surface area (Å²) in [4.78, 5) is 90.0. The van der Waals surface area contributed by atoms with E-state index in [0.29, 0.717) is 26.2 Å². The van der Waals surface area contributed by atoms with Crippen LogP contribution in [-0.2, 0) is 99.7 Å². The van der Waals surface area contributed by atoms with E-state index in [-0.39, 0.29) is 91.3 Å². The van der Waals surface area contributed by atoms with Gasteiger partial charge in [0, 0.05) is 10.8 Å². The zero-order valence-electron chi connectivity index (χ0n) is 43.4. The Morgan fingerprint density at radius 3 is 0.853 bits per heavy atom. The van der Waals surface area contributed by atoms with Crippen molar-refractivity contribution in [3.05, 3.63) is 0 Å². The Kier molecular flexibility index (Phi) is 30.6. The summed E-state index contributed by atoms with van der Waals surface area (Å²) in [5.41, 5.74) is -1.10. The predicted octanol–water partition coefficient (Wildman–Crippen LogP) is 1.70. The second-order valence-electron chi connectivity index (χ2n) is 18.1. The van der Waals surface area contributed by atoms with Crippen molar-refractivity contribution >= 4 is 59.4 Å².